The van der Waals surface area contributed by atoms with Gasteiger partial charge in [0, 0.05) is 11.3 Å². The highest BCUT2D eigenvalue weighted by molar-refractivity contribution is 7.13. The Bertz CT molecular complexity index is 541. The van der Waals surface area contributed by atoms with E-state index in [1.165, 1.54) is 11.3 Å². The van der Waals surface area contributed by atoms with Crippen molar-refractivity contribution in [2.24, 2.45) is 5.92 Å². The molecule has 2 rings (SSSR count). The summed E-state index contributed by atoms with van der Waals surface area (Å²) in [5, 5.41) is 4.88. The molecule has 1 aromatic rings. The van der Waals surface area contributed by atoms with Crippen LogP contribution in [-0.4, -0.2) is 29.5 Å². The molecule has 0 saturated heterocycles. The van der Waals surface area contributed by atoms with Crippen LogP contribution in [0.4, 0.5) is 9.93 Å². The average molecular weight is 312 g/mol. The Balaban J connectivity index is 1.74. The SMILES string of the molecule is CCOC(=O)NNC(=O)Cc1csc(NC(=O)C2CC2)n1. The van der Waals surface area contributed by atoms with Crippen LogP contribution in [0.15, 0.2) is 5.38 Å². The molecule has 1 fully saturated rings. The van der Waals surface area contributed by atoms with E-state index in [0.717, 1.165) is 12.8 Å². The van der Waals surface area contributed by atoms with Crippen LogP contribution in [-0.2, 0) is 20.7 Å². The summed E-state index contributed by atoms with van der Waals surface area (Å²) in [7, 11) is 0. The third kappa shape index (κ3) is 5.03. The van der Waals surface area contributed by atoms with Crippen molar-refractivity contribution in [3.63, 3.8) is 0 Å². The number of nitrogens with zero attached hydrogens (tertiary/aromatic N) is 1. The van der Waals surface area contributed by atoms with Crippen molar-refractivity contribution in [3.05, 3.63) is 11.1 Å². The quantitative estimate of drug-likeness (QED) is 0.697. The predicted octanol–water partition coefficient (Wildman–Crippen LogP) is 0.811. The molecule has 1 heterocycles. The first kappa shape index (κ1) is 15.2. The van der Waals surface area contributed by atoms with Crippen molar-refractivity contribution in [1.29, 1.82) is 0 Å². The number of thiazole rings is 1. The zero-order chi connectivity index (χ0) is 15.2. The molecule has 1 aromatic heterocycles. The maximum atomic E-state index is 11.6. The number of hydrogen-bond acceptors (Lipinski definition) is 6. The van der Waals surface area contributed by atoms with Gasteiger partial charge < -0.3 is 10.1 Å². The van der Waals surface area contributed by atoms with E-state index in [1.54, 1.807) is 12.3 Å². The van der Waals surface area contributed by atoms with E-state index in [0.29, 0.717) is 10.8 Å². The van der Waals surface area contributed by atoms with Gasteiger partial charge in [-0.15, -0.1) is 11.3 Å². The van der Waals surface area contributed by atoms with Gasteiger partial charge in [0.1, 0.15) is 0 Å². The number of hydrogen-bond donors (Lipinski definition) is 3. The molecular weight excluding hydrogens is 296 g/mol. The lowest BCUT2D eigenvalue weighted by Crippen LogP contribution is -2.42. The van der Waals surface area contributed by atoms with E-state index in [4.69, 9.17) is 0 Å². The van der Waals surface area contributed by atoms with E-state index >= 15 is 0 Å². The van der Waals surface area contributed by atoms with Gasteiger partial charge in [0.2, 0.25) is 11.8 Å². The molecule has 0 spiro atoms. The molecule has 0 unspecified atom stereocenters. The third-order valence-electron chi connectivity index (χ3n) is 2.65. The van der Waals surface area contributed by atoms with E-state index in [9.17, 15) is 14.4 Å². The molecule has 0 aliphatic heterocycles. The fourth-order valence-corrected chi connectivity index (χ4v) is 2.21. The van der Waals surface area contributed by atoms with Crippen LogP contribution in [0.5, 0.6) is 0 Å². The smallest absolute Gasteiger partial charge is 0.426 e. The monoisotopic (exact) mass is 312 g/mol. The number of carbonyl (C=O) groups excluding carboxylic acids is 3. The zero-order valence-electron chi connectivity index (χ0n) is 11.5. The molecule has 0 aromatic carbocycles. The van der Waals surface area contributed by atoms with Crippen LogP contribution in [0.25, 0.3) is 0 Å². The molecule has 0 atom stereocenters. The highest BCUT2D eigenvalue weighted by Gasteiger charge is 2.30. The Labute approximate surface area is 125 Å². The van der Waals surface area contributed by atoms with Crippen LogP contribution < -0.4 is 16.2 Å². The standard InChI is InChI=1S/C12H16N4O4S/c1-2-20-12(19)16-15-9(17)5-8-6-21-11(13-8)14-10(18)7-3-4-7/h6-7H,2-5H2,1H3,(H,15,17)(H,16,19)(H,13,14,18). The average Bonchev–Trinajstić information content (AvgIpc) is 3.20. The lowest BCUT2D eigenvalue weighted by atomic mass is 10.3. The minimum Gasteiger partial charge on any atom is -0.449 e. The molecule has 21 heavy (non-hydrogen) atoms. The summed E-state index contributed by atoms with van der Waals surface area (Å²) in [6.07, 6.45) is 1.13. The van der Waals surface area contributed by atoms with Gasteiger partial charge >= 0.3 is 6.09 Å². The Morgan fingerprint density at radius 2 is 2.14 bits per heavy atom. The van der Waals surface area contributed by atoms with Crippen molar-refractivity contribution >= 4 is 34.4 Å². The van der Waals surface area contributed by atoms with Gasteiger partial charge in [0.05, 0.1) is 18.7 Å². The van der Waals surface area contributed by atoms with Crippen molar-refractivity contribution in [1.82, 2.24) is 15.8 Å². The Morgan fingerprint density at radius 3 is 2.81 bits per heavy atom. The van der Waals surface area contributed by atoms with Crippen LogP contribution in [0, 0.1) is 5.92 Å². The number of anilines is 1. The van der Waals surface area contributed by atoms with Gasteiger partial charge in [0.15, 0.2) is 5.13 Å². The minimum atomic E-state index is -0.721. The number of amides is 3. The van der Waals surface area contributed by atoms with E-state index < -0.39 is 12.0 Å². The summed E-state index contributed by atoms with van der Waals surface area (Å²) >= 11 is 1.26. The fourth-order valence-electron chi connectivity index (χ4n) is 1.50. The first-order valence-electron chi connectivity index (χ1n) is 6.55. The third-order valence-corrected chi connectivity index (χ3v) is 3.46. The summed E-state index contributed by atoms with van der Waals surface area (Å²) in [6.45, 7) is 1.88. The summed E-state index contributed by atoms with van der Waals surface area (Å²) < 4.78 is 4.59. The maximum absolute atomic E-state index is 11.6. The molecule has 0 radical (unpaired) electrons. The Kier molecular flexibility index (Phi) is 5.09. The fraction of sp³-hybridized carbons (Fsp3) is 0.500. The highest BCUT2D eigenvalue weighted by atomic mass is 32.1. The summed E-state index contributed by atoms with van der Waals surface area (Å²) in [5.74, 6) is -0.341. The van der Waals surface area contributed by atoms with Gasteiger partial charge in [-0.1, -0.05) is 0 Å². The molecule has 1 aliphatic carbocycles. The zero-order valence-corrected chi connectivity index (χ0v) is 12.3. The number of nitrogens with one attached hydrogen (secondary N) is 3. The van der Waals surface area contributed by atoms with Crippen LogP contribution in [0.1, 0.15) is 25.5 Å². The number of hydrazine groups is 1. The van der Waals surface area contributed by atoms with Crippen LogP contribution in [0.3, 0.4) is 0 Å². The second kappa shape index (κ2) is 7.02. The van der Waals surface area contributed by atoms with Gasteiger partial charge in [-0.3, -0.25) is 15.0 Å². The molecule has 3 amide bonds. The van der Waals surface area contributed by atoms with E-state index in [-0.39, 0.29) is 24.9 Å². The van der Waals surface area contributed by atoms with Crippen molar-refractivity contribution in [2.75, 3.05) is 11.9 Å². The largest absolute Gasteiger partial charge is 0.449 e. The van der Waals surface area contributed by atoms with E-state index in [1.807, 2.05) is 0 Å². The number of carbonyl (C=O) groups is 3. The summed E-state index contributed by atoms with van der Waals surface area (Å²) in [5.41, 5.74) is 4.84. The molecular formula is C12H16N4O4S. The molecule has 3 N–H and O–H groups in total. The Hall–Kier alpha value is -2.16. The highest BCUT2D eigenvalue weighted by Crippen LogP contribution is 2.30. The van der Waals surface area contributed by atoms with Crippen molar-refractivity contribution in [2.45, 2.75) is 26.2 Å². The van der Waals surface area contributed by atoms with Gasteiger partial charge in [-0.2, -0.15) is 0 Å². The number of rotatable bonds is 5. The lowest BCUT2D eigenvalue weighted by molar-refractivity contribution is -0.121. The normalized spacial score (nSPS) is 13.4. The molecule has 114 valence electrons. The molecule has 0 bridgehead atoms. The second-order valence-electron chi connectivity index (χ2n) is 4.48. The molecule has 9 heteroatoms. The second-order valence-corrected chi connectivity index (χ2v) is 5.34. The topological polar surface area (TPSA) is 109 Å². The number of ether oxygens (including phenoxy) is 1. The van der Waals surface area contributed by atoms with Crippen molar-refractivity contribution in [3.8, 4) is 0 Å². The minimum absolute atomic E-state index is 0.00219. The molecule has 8 nitrogen and oxygen atoms in total. The number of aromatic nitrogens is 1. The van der Waals surface area contributed by atoms with Gasteiger partial charge in [-0.05, 0) is 19.8 Å². The first-order chi connectivity index (χ1) is 10.1. The van der Waals surface area contributed by atoms with Gasteiger partial charge in [-0.25, -0.2) is 15.2 Å². The molecule has 1 saturated carbocycles. The van der Waals surface area contributed by atoms with Crippen molar-refractivity contribution < 1.29 is 19.1 Å². The van der Waals surface area contributed by atoms with E-state index in [2.05, 4.69) is 25.9 Å². The van der Waals surface area contributed by atoms with Gasteiger partial charge in [0.25, 0.3) is 0 Å². The predicted molar refractivity (Wildman–Crippen MR) is 75.5 cm³/mol. The lowest BCUT2D eigenvalue weighted by Gasteiger charge is -2.05. The molecule has 1 aliphatic rings. The summed E-state index contributed by atoms with van der Waals surface area (Å²) in [4.78, 5) is 38.3. The van der Waals surface area contributed by atoms with Crippen LogP contribution >= 0.6 is 11.3 Å². The Morgan fingerprint density at radius 1 is 1.38 bits per heavy atom. The van der Waals surface area contributed by atoms with Crippen LogP contribution in [0.2, 0.25) is 0 Å². The first-order valence-corrected chi connectivity index (χ1v) is 7.43. The summed E-state index contributed by atoms with van der Waals surface area (Å²) in [6, 6.07) is 0. The maximum Gasteiger partial charge on any atom is 0.426 e.